The SMILES string of the molecule is O=C(O)[C@@H]1C[C@@H](O)CN1C(=O)CNC(=O)[C@@H]1CCCN1C(=O)OCc1ccccc1. The van der Waals surface area contributed by atoms with Gasteiger partial charge in [0.2, 0.25) is 11.8 Å². The van der Waals surface area contributed by atoms with Crippen molar-refractivity contribution in [2.75, 3.05) is 19.6 Å². The second-order valence-corrected chi connectivity index (χ2v) is 7.40. The van der Waals surface area contributed by atoms with E-state index >= 15 is 0 Å². The number of ether oxygens (including phenoxy) is 1. The van der Waals surface area contributed by atoms with Gasteiger partial charge in [0.25, 0.3) is 0 Å². The largest absolute Gasteiger partial charge is 0.480 e. The molecule has 10 heteroatoms. The zero-order valence-corrected chi connectivity index (χ0v) is 16.4. The molecule has 30 heavy (non-hydrogen) atoms. The lowest BCUT2D eigenvalue weighted by molar-refractivity contribution is -0.148. The van der Waals surface area contributed by atoms with Crippen molar-refractivity contribution >= 4 is 23.9 Å². The van der Waals surface area contributed by atoms with Crippen LogP contribution in [0, 0.1) is 0 Å². The number of hydrogen-bond donors (Lipinski definition) is 3. The number of rotatable bonds is 6. The number of carbonyl (C=O) groups is 4. The minimum absolute atomic E-state index is 0.0430. The van der Waals surface area contributed by atoms with Gasteiger partial charge in [0.05, 0.1) is 12.6 Å². The van der Waals surface area contributed by atoms with Crippen molar-refractivity contribution in [3.63, 3.8) is 0 Å². The fourth-order valence-corrected chi connectivity index (χ4v) is 3.77. The first kappa shape index (κ1) is 21.6. The Morgan fingerprint density at radius 1 is 1.10 bits per heavy atom. The molecule has 2 aliphatic heterocycles. The van der Waals surface area contributed by atoms with Crippen LogP contribution in [0.15, 0.2) is 30.3 Å². The van der Waals surface area contributed by atoms with Crippen LogP contribution in [0.3, 0.4) is 0 Å². The predicted molar refractivity (Wildman–Crippen MR) is 103 cm³/mol. The van der Waals surface area contributed by atoms with Crippen molar-refractivity contribution in [1.82, 2.24) is 15.1 Å². The first-order chi connectivity index (χ1) is 14.4. The number of likely N-dealkylation sites (tertiary alicyclic amines) is 2. The summed E-state index contributed by atoms with van der Waals surface area (Å²) in [7, 11) is 0. The number of nitrogens with zero attached hydrogens (tertiary/aromatic N) is 2. The van der Waals surface area contributed by atoms with Crippen LogP contribution >= 0.6 is 0 Å². The molecule has 10 nitrogen and oxygen atoms in total. The molecule has 2 heterocycles. The lowest BCUT2D eigenvalue weighted by Crippen LogP contribution is -2.50. The topological polar surface area (TPSA) is 136 Å². The maximum Gasteiger partial charge on any atom is 0.410 e. The number of β-amino-alcohol motifs (C(OH)–C–C–N with tert-alkyl or cyclic N) is 1. The fraction of sp³-hybridized carbons (Fsp3) is 0.500. The molecule has 0 aliphatic carbocycles. The predicted octanol–water partition coefficient (Wildman–Crippen LogP) is -0.0498. The summed E-state index contributed by atoms with van der Waals surface area (Å²) in [5, 5.41) is 21.3. The van der Waals surface area contributed by atoms with Gasteiger partial charge in [-0.25, -0.2) is 9.59 Å². The van der Waals surface area contributed by atoms with Gasteiger partial charge >= 0.3 is 12.1 Å². The van der Waals surface area contributed by atoms with Crippen LogP contribution in [0.4, 0.5) is 4.79 Å². The molecule has 2 aliphatic rings. The Morgan fingerprint density at radius 2 is 1.83 bits per heavy atom. The highest BCUT2D eigenvalue weighted by atomic mass is 16.6. The van der Waals surface area contributed by atoms with E-state index in [9.17, 15) is 29.4 Å². The molecule has 3 rings (SSSR count). The highest BCUT2D eigenvalue weighted by molar-refractivity contribution is 5.91. The van der Waals surface area contributed by atoms with Crippen molar-refractivity contribution in [2.24, 2.45) is 0 Å². The third-order valence-electron chi connectivity index (χ3n) is 5.29. The molecule has 1 aromatic rings. The van der Waals surface area contributed by atoms with Crippen LogP contribution in [0.1, 0.15) is 24.8 Å². The van der Waals surface area contributed by atoms with Crippen molar-refractivity contribution in [3.8, 4) is 0 Å². The Bertz CT molecular complexity index is 801. The number of carbonyl (C=O) groups excluding carboxylic acids is 3. The smallest absolute Gasteiger partial charge is 0.410 e. The molecule has 3 atom stereocenters. The highest BCUT2D eigenvalue weighted by Crippen LogP contribution is 2.20. The van der Waals surface area contributed by atoms with Crippen LogP contribution in [0.5, 0.6) is 0 Å². The number of carboxylic acid groups (broad SMARTS) is 1. The number of hydrogen-bond acceptors (Lipinski definition) is 6. The standard InChI is InChI=1S/C20H25N3O7/c24-14-9-16(19(27)28)23(11-14)17(25)10-21-18(26)15-7-4-8-22(15)20(29)30-12-13-5-2-1-3-6-13/h1-3,5-6,14-16,24H,4,7-12H2,(H,21,26)(H,27,28)/t14-,15+,16+/m1/s1. The van der Waals surface area contributed by atoms with Crippen molar-refractivity contribution in [2.45, 2.75) is 44.1 Å². The van der Waals surface area contributed by atoms with E-state index in [1.165, 1.54) is 4.90 Å². The lowest BCUT2D eigenvalue weighted by Gasteiger charge is -2.24. The molecule has 2 saturated heterocycles. The van der Waals surface area contributed by atoms with E-state index in [4.69, 9.17) is 4.74 Å². The van der Waals surface area contributed by atoms with Crippen LogP contribution in [0.25, 0.3) is 0 Å². The average molecular weight is 419 g/mol. The number of aliphatic carboxylic acids is 1. The Kier molecular flexibility index (Phi) is 6.88. The zero-order valence-electron chi connectivity index (χ0n) is 16.4. The summed E-state index contributed by atoms with van der Waals surface area (Å²) in [5.41, 5.74) is 0.831. The summed E-state index contributed by atoms with van der Waals surface area (Å²) in [4.78, 5) is 50.9. The van der Waals surface area contributed by atoms with Gasteiger partial charge in [-0.3, -0.25) is 14.5 Å². The molecule has 0 bridgehead atoms. The van der Waals surface area contributed by atoms with E-state index < -0.39 is 48.6 Å². The summed E-state index contributed by atoms with van der Waals surface area (Å²) in [6.07, 6.45) is -0.475. The summed E-state index contributed by atoms with van der Waals surface area (Å²) in [6, 6.07) is 7.32. The maximum absolute atomic E-state index is 12.5. The minimum atomic E-state index is -1.20. The van der Waals surface area contributed by atoms with Gasteiger partial charge in [0.15, 0.2) is 0 Å². The first-order valence-electron chi connectivity index (χ1n) is 9.82. The van der Waals surface area contributed by atoms with E-state index in [1.54, 1.807) is 0 Å². The lowest BCUT2D eigenvalue weighted by atomic mass is 10.2. The van der Waals surface area contributed by atoms with E-state index in [1.807, 2.05) is 30.3 Å². The minimum Gasteiger partial charge on any atom is -0.480 e. The molecule has 0 spiro atoms. The number of aliphatic hydroxyl groups is 1. The van der Waals surface area contributed by atoms with E-state index in [0.717, 1.165) is 10.5 Å². The van der Waals surface area contributed by atoms with Gasteiger partial charge in [-0.15, -0.1) is 0 Å². The second-order valence-electron chi connectivity index (χ2n) is 7.40. The van der Waals surface area contributed by atoms with Gasteiger partial charge in [0.1, 0.15) is 18.7 Å². The van der Waals surface area contributed by atoms with Crippen molar-refractivity contribution < 1.29 is 34.1 Å². The highest BCUT2D eigenvalue weighted by Gasteiger charge is 2.40. The van der Waals surface area contributed by atoms with Crippen molar-refractivity contribution in [1.29, 1.82) is 0 Å². The van der Waals surface area contributed by atoms with Gasteiger partial charge in [-0.05, 0) is 18.4 Å². The van der Waals surface area contributed by atoms with Crippen LogP contribution in [-0.4, -0.2) is 81.7 Å². The summed E-state index contributed by atoms with van der Waals surface area (Å²) in [5.74, 6) is -2.29. The number of aliphatic hydroxyl groups excluding tert-OH is 1. The Morgan fingerprint density at radius 3 is 2.53 bits per heavy atom. The number of nitrogens with one attached hydrogen (secondary N) is 1. The molecular weight excluding hydrogens is 394 g/mol. The van der Waals surface area contributed by atoms with E-state index in [0.29, 0.717) is 19.4 Å². The van der Waals surface area contributed by atoms with Crippen LogP contribution in [-0.2, 0) is 25.7 Å². The molecule has 1 aromatic carbocycles. The summed E-state index contributed by atoms with van der Waals surface area (Å²) < 4.78 is 5.29. The Hall–Kier alpha value is -3.14. The number of benzene rings is 1. The van der Waals surface area contributed by atoms with E-state index in [2.05, 4.69) is 5.32 Å². The van der Waals surface area contributed by atoms with Gasteiger partial charge < -0.3 is 25.2 Å². The number of amides is 3. The van der Waals surface area contributed by atoms with Gasteiger partial charge in [-0.1, -0.05) is 30.3 Å². The van der Waals surface area contributed by atoms with Crippen molar-refractivity contribution in [3.05, 3.63) is 35.9 Å². The van der Waals surface area contributed by atoms with Gasteiger partial charge in [-0.2, -0.15) is 0 Å². The molecule has 0 radical (unpaired) electrons. The molecule has 3 amide bonds. The summed E-state index contributed by atoms with van der Waals surface area (Å²) >= 11 is 0. The fourth-order valence-electron chi connectivity index (χ4n) is 3.77. The quantitative estimate of drug-likeness (QED) is 0.588. The molecule has 0 saturated carbocycles. The van der Waals surface area contributed by atoms with E-state index in [-0.39, 0.29) is 19.6 Å². The molecule has 2 fully saturated rings. The Labute approximate surface area is 173 Å². The molecule has 0 aromatic heterocycles. The van der Waals surface area contributed by atoms with Crippen LogP contribution in [0.2, 0.25) is 0 Å². The molecule has 162 valence electrons. The Balaban J connectivity index is 1.51. The third kappa shape index (κ3) is 5.07. The zero-order chi connectivity index (χ0) is 21.7. The van der Waals surface area contributed by atoms with Gasteiger partial charge in [0, 0.05) is 19.5 Å². The third-order valence-corrected chi connectivity index (χ3v) is 5.29. The first-order valence-corrected chi connectivity index (χ1v) is 9.82. The molecular formula is C20H25N3O7. The summed E-state index contributed by atoms with van der Waals surface area (Å²) in [6.45, 7) is -0.0261. The normalized spacial score (nSPS) is 23.3. The molecule has 3 N–H and O–H groups in total. The second kappa shape index (κ2) is 9.57. The van der Waals surface area contributed by atoms with Crippen LogP contribution < -0.4 is 5.32 Å². The molecule has 0 unspecified atom stereocenters. The monoisotopic (exact) mass is 419 g/mol. The maximum atomic E-state index is 12.5. The number of carboxylic acids is 1. The average Bonchev–Trinajstić information content (AvgIpc) is 3.38.